The smallest absolute Gasteiger partial charge is 0.262 e. The number of nitrogens with one attached hydrogen (secondary N) is 1. The Morgan fingerprint density at radius 2 is 1.83 bits per heavy atom. The standard InChI is InChI=1S/C20H24N2O7S/c1-4-22(5-2)30(24,25)15-7-9-17(26-3)16(11-15)21-20(23)12-27-14-6-8-18-19(10-14)29-13-28-18/h6-11H,4-5,12-13H2,1-3H3,(H,21,23). The van der Waals surface area contributed by atoms with E-state index >= 15 is 0 Å². The van der Waals surface area contributed by atoms with Gasteiger partial charge in [-0.3, -0.25) is 4.79 Å². The Bertz CT molecular complexity index is 1020. The Hall–Kier alpha value is -2.98. The minimum Gasteiger partial charge on any atom is -0.495 e. The topological polar surface area (TPSA) is 103 Å². The van der Waals surface area contributed by atoms with Gasteiger partial charge in [-0.1, -0.05) is 13.8 Å². The number of methoxy groups -OCH3 is 1. The van der Waals surface area contributed by atoms with E-state index in [-0.39, 0.29) is 24.0 Å². The highest BCUT2D eigenvalue weighted by Crippen LogP contribution is 2.35. The molecule has 0 bridgehead atoms. The van der Waals surface area contributed by atoms with E-state index in [1.165, 1.54) is 29.6 Å². The first kappa shape index (κ1) is 21.7. The molecule has 2 aromatic rings. The Morgan fingerprint density at radius 1 is 1.10 bits per heavy atom. The first-order chi connectivity index (χ1) is 14.4. The van der Waals surface area contributed by atoms with Crippen LogP contribution < -0.4 is 24.3 Å². The van der Waals surface area contributed by atoms with Crippen molar-refractivity contribution in [2.24, 2.45) is 0 Å². The maximum absolute atomic E-state index is 12.8. The maximum Gasteiger partial charge on any atom is 0.262 e. The second-order valence-corrected chi connectivity index (χ2v) is 8.24. The van der Waals surface area contributed by atoms with Crippen molar-refractivity contribution >= 4 is 21.6 Å². The lowest BCUT2D eigenvalue weighted by molar-refractivity contribution is -0.118. The first-order valence-corrected chi connectivity index (χ1v) is 10.8. The van der Waals surface area contributed by atoms with Crippen molar-refractivity contribution in [3.63, 3.8) is 0 Å². The van der Waals surface area contributed by atoms with Gasteiger partial charge in [-0.2, -0.15) is 4.31 Å². The van der Waals surface area contributed by atoms with Gasteiger partial charge in [0.05, 0.1) is 17.7 Å². The van der Waals surface area contributed by atoms with Crippen molar-refractivity contribution < 1.29 is 32.2 Å². The van der Waals surface area contributed by atoms with Gasteiger partial charge in [-0.25, -0.2) is 8.42 Å². The lowest BCUT2D eigenvalue weighted by Gasteiger charge is -2.19. The minimum atomic E-state index is -3.68. The number of nitrogens with zero attached hydrogens (tertiary/aromatic N) is 1. The van der Waals surface area contributed by atoms with Crippen molar-refractivity contribution in [2.75, 3.05) is 38.9 Å². The fraction of sp³-hybridized carbons (Fsp3) is 0.350. The van der Waals surface area contributed by atoms with Gasteiger partial charge in [-0.15, -0.1) is 0 Å². The second-order valence-electron chi connectivity index (χ2n) is 6.30. The van der Waals surface area contributed by atoms with Gasteiger partial charge < -0.3 is 24.3 Å². The van der Waals surface area contributed by atoms with Gasteiger partial charge in [0.2, 0.25) is 16.8 Å². The molecule has 9 nitrogen and oxygen atoms in total. The van der Waals surface area contributed by atoms with Crippen LogP contribution in [0.4, 0.5) is 5.69 Å². The number of hydrogen-bond acceptors (Lipinski definition) is 7. The molecule has 0 fully saturated rings. The van der Waals surface area contributed by atoms with Gasteiger partial charge in [0, 0.05) is 19.2 Å². The molecule has 0 atom stereocenters. The van der Waals surface area contributed by atoms with Crippen LogP contribution in [0.15, 0.2) is 41.3 Å². The number of carbonyl (C=O) groups excluding carboxylic acids is 1. The molecule has 0 spiro atoms. The van der Waals surface area contributed by atoms with Gasteiger partial charge in [0.25, 0.3) is 5.91 Å². The summed E-state index contributed by atoms with van der Waals surface area (Å²) in [6, 6.07) is 9.33. The molecule has 162 valence electrons. The normalized spacial score (nSPS) is 12.7. The van der Waals surface area contributed by atoms with Crippen LogP contribution >= 0.6 is 0 Å². The third-order valence-corrected chi connectivity index (χ3v) is 6.55. The maximum atomic E-state index is 12.8. The van der Waals surface area contributed by atoms with E-state index in [0.717, 1.165) is 0 Å². The first-order valence-electron chi connectivity index (χ1n) is 9.39. The third-order valence-electron chi connectivity index (χ3n) is 4.50. The van der Waals surface area contributed by atoms with Crippen LogP contribution in [0, 0.1) is 0 Å². The van der Waals surface area contributed by atoms with E-state index in [2.05, 4.69) is 5.32 Å². The largest absolute Gasteiger partial charge is 0.495 e. The molecule has 0 unspecified atom stereocenters. The number of fused-ring (bicyclic) bond motifs is 1. The quantitative estimate of drug-likeness (QED) is 0.644. The van der Waals surface area contributed by atoms with Crippen LogP contribution in [0.1, 0.15) is 13.8 Å². The number of hydrogen-bond donors (Lipinski definition) is 1. The molecule has 3 rings (SSSR count). The summed E-state index contributed by atoms with van der Waals surface area (Å²) in [6.45, 7) is 4.08. The fourth-order valence-corrected chi connectivity index (χ4v) is 4.44. The second kappa shape index (κ2) is 9.23. The number of carbonyl (C=O) groups is 1. The SMILES string of the molecule is CCN(CC)S(=O)(=O)c1ccc(OC)c(NC(=O)COc2ccc3c(c2)OCO3)c1. The number of amides is 1. The zero-order valence-electron chi connectivity index (χ0n) is 17.0. The molecule has 0 saturated heterocycles. The van der Waals surface area contributed by atoms with E-state index in [4.69, 9.17) is 18.9 Å². The summed E-state index contributed by atoms with van der Waals surface area (Å²) >= 11 is 0. The third kappa shape index (κ3) is 4.60. The number of sulfonamides is 1. The molecule has 30 heavy (non-hydrogen) atoms. The highest BCUT2D eigenvalue weighted by Gasteiger charge is 2.23. The Labute approximate surface area is 175 Å². The molecule has 1 aliphatic heterocycles. The zero-order chi connectivity index (χ0) is 21.7. The summed E-state index contributed by atoms with van der Waals surface area (Å²) < 4.78 is 48.1. The lowest BCUT2D eigenvalue weighted by atomic mass is 10.3. The predicted molar refractivity (Wildman–Crippen MR) is 110 cm³/mol. The zero-order valence-corrected chi connectivity index (χ0v) is 17.8. The van der Waals surface area contributed by atoms with E-state index in [1.54, 1.807) is 32.0 Å². The van der Waals surface area contributed by atoms with E-state index in [0.29, 0.717) is 36.1 Å². The molecule has 0 aromatic heterocycles. The van der Waals surface area contributed by atoms with E-state index < -0.39 is 15.9 Å². The molecular formula is C20H24N2O7S. The predicted octanol–water partition coefficient (Wildman–Crippen LogP) is 2.47. The molecule has 2 aromatic carbocycles. The highest BCUT2D eigenvalue weighted by atomic mass is 32.2. The van der Waals surface area contributed by atoms with Crippen LogP contribution in [0.5, 0.6) is 23.0 Å². The number of ether oxygens (including phenoxy) is 4. The van der Waals surface area contributed by atoms with Crippen molar-refractivity contribution in [3.05, 3.63) is 36.4 Å². The average molecular weight is 436 g/mol. The average Bonchev–Trinajstić information content (AvgIpc) is 3.20. The minimum absolute atomic E-state index is 0.0685. The molecule has 1 amide bonds. The molecule has 10 heteroatoms. The molecular weight excluding hydrogens is 412 g/mol. The highest BCUT2D eigenvalue weighted by molar-refractivity contribution is 7.89. The number of rotatable bonds is 9. The molecule has 1 aliphatic rings. The fourth-order valence-electron chi connectivity index (χ4n) is 2.96. The van der Waals surface area contributed by atoms with Gasteiger partial charge >= 0.3 is 0 Å². The molecule has 1 heterocycles. The van der Waals surface area contributed by atoms with Gasteiger partial charge in [-0.05, 0) is 30.3 Å². The van der Waals surface area contributed by atoms with Crippen molar-refractivity contribution in [1.82, 2.24) is 4.31 Å². The molecule has 0 saturated carbocycles. The van der Waals surface area contributed by atoms with Crippen LogP contribution in [0.2, 0.25) is 0 Å². The molecule has 0 radical (unpaired) electrons. The van der Waals surface area contributed by atoms with Crippen LogP contribution in [-0.4, -0.2) is 52.2 Å². The summed E-state index contributed by atoms with van der Waals surface area (Å²) in [5.74, 6) is 1.47. The van der Waals surface area contributed by atoms with Crippen molar-refractivity contribution in [1.29, 1.82) is 0 Å². The number of anilines is 1. The monoisotopic (exact) mass is 436 g/mol. The van der Waals surface area contributed by atoms with Gasteiger partial charge in [0.15, 0.2) is 18.1 Å². The van der Waals surface area contributed by atoms with Crippen molar-refractivity contribution in [3.8, 4) is 23.0 Å². The molecule has 1 N–H and O–H groups in total. The Morgan fingerprint density at radius 3 is 2.53 bits per heavy atom. The Kier molecular flexibility index (Phi) is 6.68. The van der Waals surface area contributed by atoms with Crippen LogP contribution in [0.3, 0.4) is 0 Å². The summed E-state index contributed by atoms with van der Waals surface area (Å²) in [5.41, 5.74) is 0.241. The molecule has 0 aliphatic carbocycles. The lowest BCUT2D eigenvalue weighted by Crippen LogP contribution is -2.30. The van der Waals surface area contributed by atoms with E-state index in [1.807, 2.05) is 0 Å². The summed E-state index contributed by atoms with van der Waals surface area (Å²) in [6.07, 6.45) is 0. The summed E-state index contributed by atoms with van der Waals surface area (Å²) in [7, 11) is -2.24. The summed E-state index contributed by atoms with van der Waals surface area (Å²) in [4.78, 5) is 12.5. The van der Waals surface area contributed by atoms with E-state index in [9.17, 15) is 13.2 Å². The van der Waals surface area contributed by atoms with Crippen LogP contribution in [0.25, 0.3) is 0 Å². The summed E-state index contributed by atoms with van der Waals surface area (Å²) in [5, 5.41) is 2.64. The van der Waals surface area contributed by atoms with Crippen LogP contribution in [-0.2, 0) is 14.8 Å². The van der Waals surface area contributed by atoms with Gasteiger partial charge in [0.1, 0.15) is 11.5 Å². The Balaban J connectivity index is 1.72. The van der Waals surface area contributed by atoms with Crippen molar-refractivity contribution in [2.45, 2.75) is 18.7 Å². The number of benzene rings is 2.